The standard InChI is InChI=1S/C14H25N3O/c1-14(2,3)13-7-12(15-16-13)9-17(4)8-11-5-6-18-10-11/h7,11H,5-6,8-10H2,1-4H3,(H,15,16)/t11-/m0/s1. The first-order valence-electron chi connectivity index (χ1n) is 6.76. The van der Waals surface area contributed by atoms with Crippen LogP contribution in [0, 0.1) is 5.92 Å². The van der Waals surface area contributed by atoms with Gasteiger partial charge in [-0.2, -0.15) is 5.10 Å². The lowest BCUT2D eigenvalue weighted by Gasteiger charge is -2.19. The molecule has 4 nitrogen and oxygen atoms in total. The molecule has 1 atom stereocenters. The average molecular weight is 251 g/mol. The fourth-order valence-electron chi connectivity index (χ4n) is 2.35. The number of ether oxygens (including phenoxy) is 1. The summed E-state index contributed by atoms with van der Waals surface area (Å²) in [6.07, 6.45) is 1.19. The smallest absolute Gasteiger partial charge is 0.0678 e. The summed E-state index contributed by atoms with van der Waals surface area (Å²) in [4.78, 5) is 2.35. The van der Waals surface area contributed by atoms with Gasteiger partial charge in [-0.05, 0) is 25.5 Å². The van der Waals surface area contributed by atoms with Crippen molar-refractivity contribution >= 4 is 0 Å². The van der Waals surface area contributed by atoms with Gasteiger partial charge in [0.05, 0.1) is 12.3 Å². The predicted molar refractivity (Wildman–Crippen MR) is 72.5 cm³/mol. The van der Waals surface area contributed by atoms with Gasteiger partial charge in [0.25, 0.3) is 0 Å². The van der Waals surface area contributed by atoms with Crippen molar-refractivity contribution < 1.29 is 4.74 Å². The summed E-state index contributed by atoms with van der Waals surface area (Å²) in [5.74, 6) is 0.694. The van der Waals surface area contributed by atoms with Crippen molar-refractivity contribution in [1.82, 2.24) is 15.1 Å². The van der Waals surface area contributed by atoms with Crippen LogP contribution in [0.2, 0.25) is 0 Å². The quantitative estimate of drug-likeness (QED) is 0.891. The highest BCUT2D eigenvalue weighted by Crippen LogP contribution is 2.21. The average Bonchev–Trinajstić information content (AvgIpc) is 2.87. The van der Waals surface area contributed by atoms with E-state index in [1.54, 1.807) is 0 Å². The highest BCUT2D eigenvalue weighted by molar-refractivity contribution is 5.16. The Kier molecular flexibility index (Phi) is 4.07. The van der Waals surface area contributed by atoms with Crippen LogP contribution in [0.3, 0.4) is 0 Å². The van der Waals surface area contributed by atoms with Gasteiger partial charge in [0.15, 0.2) is 0 Å². The van der Waals surface area contributed by atoms with Gasteiger partial charge < -0.3 is 9.64 Å². The van der Waals surface area contributed by atoms with Crippen molar-refractivity contribution in [3.05, 3.63) is 17.5 Å². The highest BCUT2D eigenvalue weighted by Gasteiger charge is 2.20. The molecule has 1 aliphatic heterocycles. The number of nitrogens with one attached hydrogen (secondary N) is 1. The molecule has 2 heterocycles. The van der Waals surface area contributed by atoms with E-state index in [4.69, 9.17) is 4.74 Å². The minimum atomic E-state index is 0.118. The lowest BCUT2D eigenvalue weighted by atomic mass is 9.92. The monoisotopic (exact) mass is 251 g/mol. The predicted octanol–water partition coefficient (Wildman–Crippen LogP) is 2.18. The number of rotatable bonds is 4. The fourth-order valence-corrected chi connectivity index (χ4v) is 2.35. The van der Waals surface area contributed by atoms with Gasteiger partial charge in [-0.15, -0.1) is 0 Å². The lowest BCUT2D eigenvalue weighted by molar-refractivity contribution is 0.172. The van der Waals surface area contributed by atoms with Crippen molar-refractivity contribution in [2.45, 2.75) is 39.2 Å². The second kappa shape index (κ2) is 5.41. The zero-order chi connectivity index (χ0) is 13.2. The Bertz CT molecular complexity index is 375. The van der Waals surface area contributed by atoms with E-state index in [9.17, 15) is 0 Å². The molecule has 0 aromatic carbocycles. The number of H-pyrrole nitrogens is 1. The molecule has 0 bridgehead atoms. The molecule has 1 fully saturated rings. The topological polar surface area (TPSA) is 41.2 Å². The van der Waals surface area contributed by atoms with Gasteiger partial charge >= 0.3 is 0 Å². The molecule has 102 valence electrons. The van der Waals surface area contributed by atoms with Crippen molar-refractivity contribution in [3.63, 3.8) is 0 Å². The Morgan fingerprint density at radius 1 is 1.50 bits per heavy atom. The molecule has 0 spiro atoms. The zero-order valence-corrected chi connectivity index (χ0v) is 12.0. The molecule has 0 amide bonds. The molecular formula is C14H25N3O. The molecule has 0 radical (unpaired) electrons. The highest BCUT2D eigenvalue weighted by atomic mass is 16.5. The fraction of sp³-hybridized carbons (Fsp3) is 0.786. The largest absolute Gasteiger partial charge is 0.381 e. The first-order chi connectivity index (χ1) is 8.45. The molecule has 1 saturated heterocycles. The van der Waals surface area contributed by atoms with Crippen LogP contribution >= 0.6 is 0 Å². The molecule has 1 aromatic heterocycles. The second-order valence-corrected chi connectivity index (χ2v) is 6.45. The summed E-state index contributed by atoms with van der Waals surface area (Å²) < 4.78 is 5.41. The summed E-state index contributed by atoms with van der Waals surface area (Å²) in [6, 6.07) is 2.18. The first-order valence-corrected chi connectivity index (χ1v) is 6.76. The first kappa shape index (κ1) is 13.6. The summed E-state index contributed by atoms with van der Waals surface area (Å²) >= 11 is 0. The summed E-state index contributed by atoms with van der Waals surface area (Å²) in [6.45, 7) is 10.4. The number of hydrogen-bond acceptors (Lipinski definition) is 3. The van der Waals surface area contributed by atoms with E-state index in [2.05, 4.69) is 49.0 Å². The molecule has 4 heteroatoms. The minimum Gasteiger partial charge on any atom is -0.381 e. The maximum absolute atomic E-state index is 5.41. The lowest BCUT2D eigenvalue weighted by Crippen LogP contribution is -2.25. The Morgan fingerprint density at radius 2 is 2.28 bits per heavy atom. The van der Waals surface area contributed by atoms with Gasteiger partial charge in [-0.3, -0.25) is 5.10 Å². The number of hydrogen-bond donors (Lipinski definition) is 1. The van der Waals surface area contributed by atoms with Crippen molar-refractivity contribution in [1.29, 1.82) is 0 Å². The summed E-state index contributed by atoms with van der Waals surface area (Å²) in [5, 5.41) is 7.54. The third-order valence-electron chi connectivity index (χ3n) is 3.43. The number of aromatic nitrogens is 2. The molecule has 1 N–H and O–H groups in total. The van der Waals surface area contributed by atoms with Crippen LogP contribution in [0.1, 0.15) is 38.6 Å². The van der Waals surface area contributed by atoms with Crippen LogP contribution in [0.25, 0.3) is 0 Å². The van der Waals surface area contributed by atoms with E-state index in [0.717, 1.165) is 32.0 Å². The molecule has 0 saturated carbocycles. The van der Waals surface area contributed by atoms with Gasteiger partial charge in [0.2, 0.25) is 0 Å². The normalized spacial score (nSPS) is 20.8. The molecule has 2 rings (SSSR count). The van der Waals surface area contributed by atoms with Gasteiger partial charge in [0.1, 0.15) is 0 Å². The van der Waals surface area contributed by atoms with Crippen molar-refractivity contribution in [2.24, 2.45) is 5.92 Å². The maximum Gasteiger partial charge on any atom is 0.0678 e. The van der Waals surface area contributed by atoms with Crippen LogP contribution in [0.4, 0.5) is 0 Å². The van der Waals surface area contributed by atoms with Crippen LogP contribution in [0.15, 0.2) is 6.07 Å². The summed E-state index contributed by atoms with van der Waals surface area (Å²) in [7, 11) is 2.16. The maximum atomic E-state index is 5.41. The van der Waals surface area contributed by atoms with Crippen LogP contribution in [-0.2, 0) is 16.7 Å². The van der Waals surface area contributed by atoms with Crippen molar-refractivity contribution in [2.75, 3.05) is 26.8 Å². The molecule has 0 unspecified atom stereocenters. The van der Waals surface area contributed by atoms with E-state index < -0.39 is 0 Å². The van der Waals surface area contributed by atoms with Gasteiger partial charge in [-0.1, -0.05) is 20.8 Å². The van der Waals surface area contributed by atoms with Crippen LogP contribution in [-0.4, -0.2) is 41.9 Å². The Morgan fingerprint density at radius 3 is 2.83 bits per heavy atom. The summed E-state index contributed by atoms with van der Waals surface area (Å²) in [5.41, 5.74) is 2.45. The molecular weight excluding hydrogens is 226 g/mol. The van der Waals surface area contributed by atoms with Gasteiger partial charge in [-0.25, -0.2) is 0 Å². The molecule has 1 aromatic rings. The van der Waals surface area contributed by atoms with Gasteiger partial charge in [0, 0.05) is 30.8 Å². The Hall–Kier alpha value is -0.870. The third-order valence-corrected chi connectivity index (χ3v) is 3.43. The molecule has 1 aliphatic rings. The Balaban J connectivity index is 1.86. The van der Waals surface area contributed by atoms with E-state index in [1.807, 2.05) is 0 Å². The third kappa shape index (κ3) is 3.56. The van der Waals surface area contributed by atoms with E-state index in [1.165, 1.54) is 12.1 Å². The SMILES string of the molecule is CN(Cc1cc(C(C)(C)C)n[nH]1)C[C@@H]1CCOC1. The van der Waals surface area contributed by atoms with E-state index in [-0.39, 0.29) is 5.41 Å². The van der Waals surface area contributed by atoms with E-state index >= 15 is 0 Å². The van der Waals surface area contributed by atoms with E-state index in [0.29, 0.717) is 5.92 Å². The molecule has 0 aliphatic carbocycles. The van der Waals surface area contributed by atoms with Crippen molar-refractivity contribution in [3.8, 4) is 0 Å². The van der Waals surface area contributed by atoms with Crippen LogP contribution in [0.5, 0.6) is 0 Å². The molecule has 18 heavy (non-hydrogen) atoms. The number of aromatic amines is 1. The zero-order valence-electron chi connectivity index (χ0n) is 12.0. The van der Waals surface area contributed by atoms with Crippen LogP contribution < -0.4 is 0 Å². The Labute approximate surface area is 110 Å². The second-order valence-electron chi connectivity index (χ2n) is 6.45. The number of nitrogens with zero attached hydrogens (tertiary/aromatic N) is 2. The minimum absolute atomic E-state index is 0.118.